The summed E-state index contributed by atoms with van der Waals surface area (Å²) in [6.45, 7) is 1.59. The zero-order chi connectivity index (χ0) is 16.1. The number of hydrogen-bond acceptors (Lipinski definition) is 2. The highest BCUT2D eigenvalue weighted by molar-refractivity contribution is 6.33. The van der Waals surface area contributed by atoms with E-state index in [-0.39, 0.29) is 5.91 Å². The van der Waals surface area contributed by atoms with Crippen LogP contribution >= 0.6 is 23.2 Å². The second-order valence-electron chi connectivity index (χ2n) is 4.67. The lowest BCUT2D eigenvalue weighted by Gasteiger charge is -2.14. The summed E-state index contributed by atoms with van der Waals surface area (Å²) in [5, 5.41) is 6.14. The zero-order valence-corrected chi connectivity index (χ0v) is 13.3. The number of nitrogens with one attached hydrogen (secondary N) is 2. The molecule has 0 spiro atoms. The van der Waals surface area contributed by atoms with Crippen LogP contribution in [0.15, 0.2) is 48.5 Å². The number of carbonyl (C=O) groups excluding carboxylic acids is 2. The fourth-order valence-corrected chi connectivity index (χ4v) is 2.21. The van der Waals surface area contributed by atoms with Crippen molar-refractivity contribution in [2.75, 3.05) is 5.32 Å². The van der Waals surface area contributed by atoms with E-state index in [0.29, 0.717) is 21.3 Å². The fraction of sp³-hybridized carbons (Fsp3) is 0.125. The Kier molecular flexibility index (Phi) is 5.41. The van der Waals surface area contributed by atoms with Gasteiger partial charge in [0.1, 0.15) is 6.04 Å². The molecule has 0 fully saturated rings. The molecular weight excluding hydrogens is 323 g/mol. The normalized spacial score (nSPS) is 11.6. The van der Waals surface area contributed by atoms with E-state index in [1.165, 1.54) is 0 Å². The number of anilines is 1. The van der Waals surface area contributed by atoms with Gasteiger partial charge in [-0.1, -0.05) is 41.4 Å². The van der Waals surface area contributed by atoms with Gasteiger partial charge in [0.05, 0.1) is 10.6 Å². The summed E-state index contributed by atoms with van der Waals surface area (Å²) in [7, 11) is 0. The van der Waals surface area contributed by atoms with Gasteiger partial charge in [0.25, 0.3) is 5.91 Å². The largest absolute Gasteiger partial charge is 0.340 e. The maximum atomic E-state index is 12.1. The molecule has 4 nitrogen and oxygen atoms in total. The first-order valence-electron chi connectivity index (χ1n) is 6.59. The van der Waals surface area contributed by atoms with E-state index >= 15 is 0 Å². The predicted octanol–water partition coefficient (Wildman–Crippen LogP) is 3.75. The van der Waals surface area contributed by atoms with Gasteiger partial charge in [0.15, 0.2) is 0 Å². The first-order valence-corrected chi connectivity index (χ1v) is 7.35. The zero-order valence-electron chi connectivity index (χ0n) is 11.8. The van der Waals surface area contributed by atoms with E-state index in [0.717, 1.165) is 0 Å². The van der Waals surface area contributed by atoms with E-state index < -0.39 is 11.9 Å². The highest BCUT2D eigenvalue weighted by Gasteiger charge is 2.18. The lowest BCUT2D eigenvalue weighted by Crippen LogP contribution is -2.41. The van der Waals surface area contributed by atoms with Crippen molar-refractivity contribution in [1.82, 2.24) is 5.32 Å². The highest BCUT2D eigenvalue weighted by atomic mass is 35.5. The van der Waals surface area contributed by atoms with Crippen molar-refractivity contribution in [3.05, 3.63) is 64.1 Å². The predicted molar refractivity (Wildman–Crippen MR) is 88.5 cm³/mol. The van der Waals surface area contributed by atoms with Gasteiger partial charge in [-0.15, -0.1) is 0 Å². The van der Waals surface area contributed by atoms with Crippen LogP contribution in [0.4, 0.5) is 5.69 Å². The van der Waals surface area contributed by atoms with Crippen LogP contribution in [-0.2, 0) is 4.79 Å². The van der Waals surface area contributed by atoms with Gasteiger partial charge in [-0.3, -0.25) is 9.59 Å². The SMILES string of the molecule is C[C@H](NC(=O)c1ccccc1Cl)C(=O)Nc1cccc(Cl)c1. The molecule has 0 aliphatic carbocycles. The summed E-state index contributed by atoms with van der Waals surface area (Å²) in [4.78, 5) is 24.2. The summed E-state index contributed by atoms with van der Waals surface area (Å²) in [6.07, 6.45) is 0. The average molecular weight is 337 g/mol. The molecule has 2 amide bonds. The van der Waals surface area contributed by atoms with Crippen LogP contribution in [-0.4, -0.2) is 17.9 Å². The average Bonchev–Trinajstić information content (AvgIpc) is 2.47. The van der Waals surface area contributed by atoms with Gasteiger partial charge in [-0.25, -0.2) is 0 Å². The maximum Gasteiger partial charge on any atom is 0.253 e. The third-order valence-electron chi connectivity index (χ3n) is 2.95. The minimum Gasteiger partial charge on any atom is -0.340 e. The van der Waals surface area contributed by atoms with E-state index in [2.05, 4.69) is 10.6 Å². The number of rotatable bonds is 4. The summed E-state index contributed by atoms with van der Waals surface area (Å²) in [5.41, 5.74) is 0.892. The molecule has 0 saturated carbocycles. The van der Waals surface area contributed by atoms with Crippen LogP contribution in [0.3, 0.4) is 0 Å². The van der Waals surface area contributed by atoms with Crippen molar-refractivity contribution in [2.45, 2.75) is 13.0 Å². The van der Waals surface area contributed by atoms with Crippen LogP contribution in [0.5, 0.6) is 0 Å². The Bertz CT molecular complexity index is 704. The van der Waals surface area contributed by atoms with Gasteiger partial charge in [-0.05, 0) is 37.3 Å². The summed E-state index contributed by atoms with van der Waals surface area (Å²) < 4.78 is 0. The smallest absolute Gasteiger partial charge is 0.253 e. The molecule has 22 heavy (non-hydrogen) atoms. The van der Waals surface area contributed by atoms with Crippen molar-refractivity contribution < 1.29 is 9.59 Å². The Labute approximate surface area is 138 Å². The van der Waals surface area contributed by atoms with Gasteiger partial charge >= 0.3 is 0 Å². The lowest BCUT2D eigenvalue weighted by molar-refractivity contribution is -0.117. The summed E-state index contributed by atoms with van der Waals surface area (Å²) in [5.74, 6) is -0.748. The Hall–Kier alpha value is -2.04. The highest BCUT2D eigenvalue weighted by Crippen LogP contribution is 2.16. The third-order valence-corrected chi connectivity index (χ3v) is 3.52. The quantitative estimate of drug-likeness (QED) is 0.893. The molecular formula is C16H14Cl2N2O2. The molecule has 0 bridgehead atoms. The molecule has 1 atom stereocenters. The van der Waals surface area contributed by atoms with Gasteiger partial charge in [0, 0.05) is 10.7 Å². The second kappa shape index (κ2) is 7.29. The van der Waals surface area contributed by atoms with Crippen LogP contribution in [0, 0.1) is 0 Å². The molecule has 2 aromatic rings. The third kappa shape index (κ3) is 4.23. The standard InChI is InChI=1S/C16H14Cl2N2O2/c1-10(15(21)20-12-6-4-5-11(17)9-12)19-16(22)13-7-2-3-8-14(13)18/h2-10H,1H3,(H,19,22)(H,20,21)/t10-/m0/s1. The van der Waals surface area contributed by atoms with Gasteiger partial charge in [-0.2, -0.15) is 0 Å². The molecule has 0 aliphatic rings. The van der Waals surface area contributed by atoms with Crippen LogP contribution in [0.1, 0.15) is 17.3 Å². The molecule has 114 valence electrons. The Morgan fingerprint density at radius 2 is 1.77 bits per heavy atom. The monoisotopic (exact) mass is 336 g/mol. The molecule has 2 aromatic carbocycles. The molecule has 6 heteroatoms. The fourth-order valence-electron chi connectivity index (χ4n) is 1.80. The minimum absolute atomic E-state index is 0.326. The van der Waals surface area contributed by atoms with Crippen molar-refractivity contribution in [1.29, 1.82) is 0 Å². The summed E-state index contributed by atoms with van der Waals surface area (Å²) >= 11 is 11.8. The second-order valence-corrected chi connectivity index (χ2v) is 5.52. The van der Waals surface area contributed by atoms with Gasteiger partial charge in [0.2, 0.25) is 5.91 Å². The Balaban J connectivity index is 1.99. The van der Waals surface area contributed by atoms with Crippen molar-refractivity contribution in [3.8, 4) is 0 Å². The molecule has 0 heterocycles. The van der Waals surface area contributed by atoms with Crippen molar-refractivity contribution >= 4 is 40.7 Å². The first-order chi connectivity index (χ1) is 10.5. The number of carbonyl (C=O) groups is 2. The van der Waals surface area contributed by atoms with E-state index in [1.807, 2.05) is 0 Å². The van der Waals surface area contributed by atoms with Crippen molar-refractivity contribution in [2.24, 2.45) is 0 Å². The van der Waals surface area contributed by atoms with Crippen LogP contribution in [0.2, 0.25) is 10.0 Å². The molecule has 2 N–H and O–H groups in total. The lowest BCUT2D eigenvalue weighted by atomic mass is 10.2. The van der Waals surface area contributed by atoms with E-state index in [4.69, 9.17) is 23.2 Å². The maximum absolute atomic E-state index is 12.1. The van der Waals surface area contributed by atoms with E-state index in [9.17, 15) is 9.59 Å². The Morgan fingerprint density at radius 1 is 1.05 bits per heavy atom. The molecule has 0 saturated heterocycles. The number of hydrogen-bond donors (Lipinski definition) is 2. The number of amides is 2. The number of halogens is 2. The van der Waals surface area contributed by atoms with Crippen LogP contribution < -0.4 is 10.6 Å². The van der Waals surface area contributed by atoms with E-state index in [1.54, 1.807) is 55.5 Å². The van der Waals surface area contributed by atoms with Crippen molar-refractivity contribution in [3.63, 3.8) is 0 Å². The molecule has 0 radical (unpaired) electrons. The topological polar surface area (TPSA) is 58.2 Å². The summed E-state index contributed by atoms with van der Waals surface area (Å²) in [6, 6.07) is 12.7. The minimum atomic E-state index is -0.720. The first kappa shape index (κ1) is 16.3. The van der Waals surface area contributed by atoms with Crippen LogP contribution in [0.25, 0.3) is 0 Å². The molecule has 0 unspecified atom stereocenters. The molecule has 0 aliphatic heterocycles. The Morgan fingerprint density at radius 3 is 2.45 bits per heavy atom. The molecule has 0 aromatic heterocycles. The number of benzene rings is 2. The van der Waals surface area contributed by atoms with Gasteiger partial charge < -0.3 is 10.6 Å². The molecule has 2 rings (SSSR count).